The molecule has 1 saturated heterocycles. The Morgan fingerprint density at radius 3 is 2.68 bits per heavy atom. The van der Waals surface area contributed by atoms with Crippen LogP contribution in [0.4, 0.5) is 0 Å². The highest BCUT2D eigenvalue weighted by atomic mass is 35.5. The number of fused-ring (bicyclic) bond motifs is 3. The van der Waals surface area contributed by atoms with E-state index in [4.69, 9.17) is 21.4 Å². The van der Waals surface area contributed by atoms with Gasteiger partial charge in [-0.3, -0.25) is 0 Å². The van der Waals surface area contributed by atoms with Crippen LogP contribution in [0.1, 0.15) is 31.6 Å². The van der Waals surface area contributed by atoms with Gasteiger partial charge in [0.2, 0.25) is 11.0 Å². The summed E-state index contributed by atoms with van der Waals surface area (Å²) < 4.78 is 7.42. The summed E-state index contributed by atoms with van der Waals surface area (Å²) in [7, 11) is 0. The molecule has 1 fully saturated rings. The van der Waals surface area contributed by atoms with Crippen LogP contribution in [0.25, 0.3) is 11.2 Å². The molecule has 0 amide bonds. The number of aromatic amines is 1. The van der Waals surface area contributed by atoms with E-state index in [9.17, 15) is 10.2 Å². The Bertz CT molecular complexity index is 777. The second-order valence-electron chi connectivity index (χ2n) is 6.20. The number of aromatic nitrogens is 4. The van der Waals surface area contributed by atoms with E-state index in [2.05, 4.69) is 15.0 Å². The van der Waals surface area contributed by atoms with Crippen molar-refractivity contribution in [1.82, 2.24) is 15.0 Å². The van der Waals surface area contributed by atoms with Crippen LogP contribution in [0, 0.1) is 0 Å². The van der Waals surface area contributed by atoms with E-state index in [0.717, 1.165) is 5.82 Å². The number of ether oxygens (including phenoxy) is 1. The Labute approximate surface area is 130 Å². The maximum Gasteiger partial charge on any atom is 0.294 e. The molecule has 9 heteroatoms. The number of rotatable bonds is 2. The minimum absolute atomic E-state index is 0.236. The average molecular weight is 328 g/mol. The summed E-state index contributed by atoms with van der Waals surface area (Å²) in [6.07, 6.45) is -4.04. The van der Waals surface area contributed by atoms with Crippen molar-refractivity contribution in [2.75, 3.05) is 6.61 Å². The Hall–Kier alpha value is -1.32. The van der Waals surface area contributed by atoms with E-state index in [0.29, 0.717) is 22.1 Å². The molecule has 4 rings (SSSR count). The van der Waals surface area contributed by atoms with E-state index in [1.54, 1.807) is 0 Å². The predicted octanol–water partition coefficient (Wildman–Crippen LogP) is -0.850. The summed E-state index contributed by atoms with van der Waals surface area (Å²) in [5.41, 5.74) is 0.955. The molecule has 0 saturated carbocycles. The molecule has 4 atom stereocenters. The molecule has 0 aromatic carbocycles. The van der Waals surface area contributed by atoms with Crippen LogP contribution in [-0.4, -0.2) is 55.2 Å². The first kappa shape index (κ1) is 14.3. The molecule has 0 unspecified atom stereocenters. The number of nitrogens with zero attached hydrogens (tertiary/aromatic N) is 3. The highest BCUT2D eigenvalue weighted by Crippen LogP contribution is 2.36. The fourth-order valence-corrected chi connectivity index (χ4v) is 3.26. The molecule has 0 bridgehead atoms. The van der Waals surface area contributed by atoms with Gasteiger partial charge in [0.15, 0.2) is 17.2 Å². The molecule has 2 aromatic heterocycles. The van der Waals surface area contributed by atoms with Gasteiger partial charge in [-0.25, -0.2) is 4.57 Å². The van der Waals surface area contributed by atoms with E-state index >= 15 is 0 Å². The van der Waals surface area contributed by atoms with Gasteiger partial charge in [0.1, 0.15) is 18.3 Å². The van der Waals surface area contributed by atoms with E-state index < -0.39 is 24.4 Å². The topological polar surface area (TPSA) is 115 Å². The Balaban J connectivity index is 1.80. The molecular weight excluding hydrogens is 312 g/mol. The van der Waals surface area contributed by atoms with Crippen molar-refractivity contribution in [1.29, 1.82) is 0 Å². The normalized spacial score (nSPS) is 32.5. The van der Waals surface area contributed by atoms with Crippen LogP contribution in [-0.2, 0) is 10.3 Å². The molecule has 118 valence electrons. The number of imidazole rings is 1. The van der Waals surface area contributed by atoms with Crippen LogP contribution >= 0.6 is 11.6 Å². The van der Waals surface area contributed by atoms with Crippen molar-refractivity contribution in [2.45, 2.75) is 43.8 Å². The number of aliphatic hydroxyl groups is 3. The number of halogens is 1. The van der Waals surface area contributed by atoms with Gasteiger partial charge in [-0.2, -0.15) is 0 Å². The van der Waals surface area contributed by atoms with Gasteiger partial charge in [-0.15, -0.1) is 0 Å². The molecular formula is C13H16ClN4O4+. The maximum absolute atomic E-state index is 10.1. The zero-order valence-corrected chi connectivity index (χ0v) is 12.7. The standard InChI is InChI=1S/C13H15ClN4O4/c1-13(2)12-16-9(14)5-11(18(12)13)17-10(15-5)8-7(21)6(20)4(3-19)22-8/h4,6-8,19-21H,3H2,1-2H3/p+1/t4-,6-,7-,8-,18?/m1/s1. The second kappa shape index (κ2) is 4.36. The van der Waals surface area contributed by atoms with Crippen LogP contribution in [0.2, 0.25) is 5.15 Å². The molecule has 0 radical (unpaired) electrons. The van der Waals surface area contributed by atoms with Crippen LogP contribution in [0.3, 0.4) is 0 Å². The first-order valence-electron chi connectivity index (χ1n) is 7.01. The SMILES string of the molecule is CC1(C)c2nc(Cl)c3[nH]c([C@@H]4O[C@H](CO)[C@@H](O)[C@H]4O)nc3[n+]21. The zero-order valence-electron chi connectivity index (χ0n) is 12.0. The number of hydrogen-bond donors (Lipinski definition) is 4. The molecule has 0 aliphatic carbocycles. The largest absolute Gasteiger partial charge is 0.394 e. The first-order chi connectivity index (χ1) is 10.4. The zero-order chi connectivity index (χ0) is 15.8. The smallest absolute Gasteiger partial charge is 0.294 e. The molecule has 8 nitrogen and oxygen atoms in total. The lowest BCUT2D eigenvalue weighted by Gasteiger charge is -2.10. The lowest BCUT2D eigenvalue weighted by molar-refractivity contribution is -0.594. The van der Waals surface area contributed by atoms with Crippen molar-refractivity contribution in [3.63, 3.8) is 0 Å². The van der Waals surface area contributed by atoms with Crippen molar-refractivity contribution in [2.24, 2.45) is 0 Å². The molecule has 4 heterocycles. The summed E-state index contributed by atoms with van der Waals surface area (Å²) in [5, 5.41) is 29.4. The molecule has 2 aromatic rings. The summed E-state index contributed by atoms with van der Waals surface area (Å²) in [6.45, 7) is 3.63. The summed E-state index contributed by atoms with van der Waals surface area (Å²) in [5.74, 6) is 1.19. The number of nitrogens with one attached hydrogen (secondary N) is 1. The summed E-state index contributed by atoms with van der Waals surface area (Å²) in [6, 6.07) is 0. The highest BCUT2D eigenvalue weighted by Gasteiger charge is 2.55. The maximum atomic E-state index is 10.1. The summed E-state index contributed by atoms with van der Waals surface area (Å²) in [4.78, 5) is 11.8. The first-order valence-corrected chi connectivity index (χ1v) is 7.38. The average Bonchev–Trinajstić information content (AvgIpc) is 2.83. The molecule has 0 spiro atoms. The number of aliphatic hydroxyl groups excluding tert-OH is 3. The van der Waals surface area contributed by atoms with Crippen molar-refractivity contribution in [3.8, 4) is 0 Å². The fraction of sp³-hybridized carbons (Fsp3) is 0.615. The van der Waals surface area contributed by atoms with E-state index in [-0.39, 0.29) is 12.1 Å². The summed E-state index contributed by atoms with van der Waals surface area (Å²) >= 11 is 6.18. The van der Waals surface area contributed by atoms with Gasteiger partial charge in [-0.1, -0.05) is 9.97 Å². The minimum Gasteiger partial charge on any atom is -0.394 e. The number of H-pyrrole nitrogens is 1. The lowest BCUT2D eigenvalue weighted by atomic mass is 10.1. The Kier molecular flexibility index (Phi) is 2.83. The highest BCUT2D eigenvalue weighted by molar-refractivity contribution is 6.33. The predicted molar refractivity (Wildman–Crippen MR) is 74.2 cm³/mol. The third-order valence-corrected chi connectivity index (χ3v) is 4.68. The third kappa shape index (κ3) is 1.70. The molecule has 2 aliphatic rings. The van der Waals surface area contributed by atoms with Gasteiger partial charge >= 0.3 is 0 Å². The quantitative estimate of drug-likeness (QED) is 0.422. The molecule has 4 N–H and O–H groups in total. The number of hydrogen-bond acceptors (Lipinski definition) is 6. The molecule has 22 heavy (non-hydrogen) atoms. The second-order valence-corrected chi connectivity index (χ2v) is 6.56. The van der Waals surface area contributed by atoms with Crippen molar-refractivity contribution in [3.05, 3.63) is 16.8 Å². The van der Waals surface area contributed by atoms with Crippen molar-refractivity contribution < 1.29 is 24.6 Å². The van der Waals surface area contributed by atoms with E-state index in [1.165, 1.54) is 0 Å². The van der Waals surface area contributed by atoms with Crippen LogP contribution in [0.15, 0.2) is 0 Å². The van der Waals surface area contributed by atoms with Gasteiger partial charge < -0.3 is 25.0 Å². The third-order valence-electron chi connectivity index (χ3n) is 4.41. The van der Waals surface area contributed by atoms with Gasteiger partial charge in [0.25, 0.3) is 11.5 Å². The van der Waals surface area contributed by atoms with Crippen molar-refractivity contribution >= 4 is 22.8 Å². The Morgan fingerprint density at radius 1 is 1.32 bits per heavy atom. The van der Waals surface area contributed by atoms with Crippen LogP contribution < -0.4 is 4.57 Å². The van der Waals surface area contributed by atoms with Gasteiger partial charge in [0, 0.05) is 0 Å². The Morgan fingerprint density at radius 2 is 2.05 bits per heavy atom. The van der Waals surface area contributed by atoms with Gasteiger partial charge in [0.05, 0.1) is 6.61 Å². The van der Waals surface area contributed by atoms with Crippen LogP contribution in [0.5, 0.6) is 0 Å². The van der Waals surface area contributed by atoms with Gasteiger partial charge in [-0.05, 0) is 25.4 Å². The molecule has 2 aliphatic heterocycles. The monoisotopic (exact) mass is 327 g/mol. The lowest BCUT2D eigenvalue weighted by Crippen LogP contribution is -2.32. The fourth-order valence-electron chi connectivity index (χ4n) is 3.05. The van der Waals surface area contributed by atoms with E-state index in [1.807, 2.05) is 18.4 Å². The minimum atomic E-state index is -1.17.